The number of aliphatic hydroxyl groups excluding tert-OH is 2. The number of para-hydroxylation sites is 1. The first-order valence-corrected chi connectivity index (χ1v) is 11.9. The van der Waals surface area contributed by atoms with E-state index in [-0.39, 0.29) is 32.3 Å². The predicted octanol–water partition coefficient (Wildman–Crippen LogP) is 0.0469. The number of furan rings is 1. The zero-order valence-electron chi connectivity index (χ0n) is 19.3. The topological polar surface area (TPSA) is 146 Å². The Morgan fingerprint density at radius 2 is 1.94 bits per heavy atom. The zero-order chi connectivity index (χ0) is 24.8. The second-order valence-corrected chi connectivity index (χ2v) is 9.16. The van der Waals surface area contributed by atoms with Crippen molar-refractivity contribution in [3.8, 4) is 5.69 Å². The van der Waals surface area contributed by atoms with Crippen LogP contribution < -0.4 is 11.4 Å². The standard InChI is InChI=1S/C24H26N4O8/c29-15(11-33-13-16-7-4-10-34-16)12-35-25-18-17-8-9-26-23(31)27(14-5-2-1-3-6-14)24(32)28(26)19(17)20(30)22-21(18)36-22/h1-7,10,15,17,19-22,29-30H,8-9,11-13H2/t15-,17+,19-,20-,21+,22-/m0/s1. The highest BCUT2D eigenvalue weighted by atomic mass is 16.6. The maximum atomic E-state index is 13.4. The Balaban J connectivity index is 1.20. The van der Waals surface area contributed by atoms with Gasteiger partial charge in [0.25, 0.3) is 0 Å². The van der Waals surface area contributed by atoms with E-state index >= 15 is 0 Å². The van der Waals surface area contributed by atoms with Crippen LogP contribution in [0.4, 0.5) is 0 Å². The van der Waals surface area contributed by atoms with Gasteiger partial charge in [0.15, 0.2) is 0 Å². The SMILES string of the molecule is O=c1n(-c2ccccc2)c(=O)n2n1CC[C@@H]1C(=NOC[C@@H](O)COCc3ccco3)[C@H]3O[C@H]3[C@@H](O)[C@H]12. The molecular weight excluding hydrogens is 472 g/mol. The number of rotatable bonds is 8. The number of fused-ring (bicyclic) bond motifs is 4. The predicted molar refractivity (Wildman–Crippen MR) is 124 cm³/mol. The van der Waals surface area contributed by atoms with Gasteiger partial charge in [-0.25, -0.2) is 23.5 Å². The summed E-state index contributed by atoms with van der Waals surface area (Å²) in [6, 6.07) is 11.5. The molecule has 0 radical (unpaired) electrons. The summed E-state index contributed by atoms with van der Waals surface area (Å²) in [6.45, 7) is 0.444. The summed E-state index contributed by atoms with van der Waals surface area (Å²) >= 11 is 0. The van der Waals surface area contributed by atoms with Gasteiger partial charge in [-0.05, 0) is 30.7 Å². The van der Waals surface area contributed by atoms with Crippen molar-refractivity contribution >= 4 is 5.71 Å². The minimum Gasteiger partial charge on any atom is -0.467 e. The second kappa shape index (κ2) is 9.21. The Bertz CT molecular complexity index is 1360. The first-order valence-electron chi connectivity index (χ1n) is 11.9. The van der Waals surface area contributed by atoms with E-state index in [9.17, 15) is 19.8 Å². The Morgan fingerprint density at radius 3 is 2.72 bits per heavy atom. The summed E-state index contributed by atoms with van der Waals surface area (Å²) in [5.74, 6) is 0.291. The summed E-state index contributed by atoms with van der Waals surface area (Å²) in [4.78, 5) is 31.9. The van der Waals surface area contributed by atoms with E-state index in [2.05, 4.69) is 5.16 Å². The normalized spacial score (nSPS) is 28.3. The molecule has 3 aliphatic rings. The third-order valence-corrected chi connectivity index (χ3v) is 6.88. The van der Waals surface area contributed by atoms with Crippen LogP contribution in [0.3, 0.4) is 0 Å². The fraction of sp³-hybridized carbons (Fsp3) is 0.458. The Morgan fingerprint density at radius 1 is 1.11 bits per heavy atom. The quantitative estimate of drug-likeness (QED) is 0.327. The lowest BCUT2D eigenvalue weighted by molar-refractivity contribution is -0.0264. The average molecular weight is 498 g/mol. The molecule has 2 aromatic heterocycles. The van der Waals surface area contributed by atoms with Gasteiger partial charge in [0.1, 0.15) is 43.4 Å². The maximum absolute atomic E-state index is 13.4. The molecule has 1 saturated carbocycles. The molecule has 190 valence electrons. The van der Waals surface area contributed by atoms with Crippen LogP contribution in [0.25, 0.3) is 5.69 Å². The molecule has 1 aliphatic carbocycles. The highest BCUT2D eigenvalue weighted by molar-refractivity contribution is 5.94. The van der Waals surface area contributed by atoms with Gasteiger partial charge >= 0.3 is 11.4 Å². The van der Waals surface area contributed by atoms with Gasteiger partial charge in [0, 0.05) is 12.5 Å². The largest absolute Gasteiger partial charge is 0.467 e. The van der Waals surface area contributed by atoms with Crippen molar-refractivity contribution in [2.45, 2.75) is 50.0 Å². The number of ether oxygens (including phenoxy) is 2. The van der Waals surface area contributed by atoms with Crippen LogP contribution in [-0.2, 0) is 27.5 Å². The van der Waals surface area contributed by atoms with Gasteiger partial charge < -0.3 is 28.9 Å². The molecule has 6 atom stereocenters. The lowest BCUT2D eigenvalue weighted by atomic mass is 9.78. The lowest BCUT2D eigenvalue weighted by Gasteiger charge is -2.38. The molecule has 2 fully saturated rings. The molecular formula is C24H26N4O8. The summed E-state index contributed by atoms with van der Waals surface area (Å²) in [6.07, 6.45) is -0.823. The van der Waals surface area contributed by atoms with Gasteiger partial charge in [-0.1, -0.05) is 23.4 Å². The Hall–Kier alpha value is -3.45. The van der Waals surface area contributed by atoms with Crippen molar-refractivity contribution in [3.63, 3.8) is 0 Å². The van der Waals surface area contributed by atoms with Crippen LogP contribution in [0.1, 0.15) is 18.2 Å². The molecule has 6 rings (SSSR count). The zero-order valence-corrected chi connectivity index (χ0v) is 19.3. The number of aromatic nitrogens is 3. The summed E-state index contributed by atoms with van der Waals surface area (Å²) in [5.41, 5.74) is 0.0494. The van der Waals surface area contributed by atoms with Crippen LogP contribution in [0.5, 0.6) is 0 Å². The van der Waals surface area contributed by atoms with Crippen LogP contribution in [0.15, 0.2) is 67.9 Å². The van der Waals surface area contributed by atoms with Crippen molar-refractivity contribution in [2.75, 3.05) is 13.2 Å². The fourth-order valence-electron chi connectivity index (χ4n) is 5.18. The lowest BCUT2D eigenvalue weighted by Crippen LogP contribution is -2.53. The number of benzene rings is 1. The highest BCUT2D eigenvalue weighted by Crippen LogP contribution is 2.46. The molecule has 12 heteroatoms. The maximum Gasteiger partial charge on any atom is 0.352 e. The van der Waals surface area contributed by atoms with Crippen LogP contribution in [0.2, 0.25) is 0 Å². The Kier molecular flexibility index (Phi) is 5.88. The molecule has 0 amide bonds. The molecule has 1 aromatic carbocycles. The molecule has 0 spiro atoms. The third kappa shape index (κ3) is 3.91. The van der Waals surface area contributed by atoms with E-state index in [4.69, 9.17) is 18.7 Å². The molecule has 4 heterocycles. The smallest absolute Gasteiger partial charge is 0.352 e. The van der Waals surface area contributed by atoms with Crippen molar-refractivity contribution in [1.82, 2.24) is 13.9 Å². The molecule has 0 unspecified atom stereocenters. The van der Waals surface area contributed by atoms with E-state index in [1.807, 2.05) is 0 Å². The number of epoxide rings is 1. The molecule has 12 nitrogen and oxygen atoms in total. The van der Waals surface area contributed by atoms with E-state index < -0.39 is 41.8 Å². The first kappa shape index (κ1) is 23.0. The molecule has 36 heavy (non-hydrogen) atoms. The van der Waals surface area contributed by atoms with Crippen LogP contribution >= 0.6 is 0 Å². The monoisotopic (exact) mass is 498 g/mol. The summed E-state index contributed by atoms with van der Waals surface area (Å²) in [5, 5.41) is 25.4. The Labute approximate surface area is 204 Å². The first-order chi connectivity index (χ1) is 17.5. The van der Waals surface area contributed by atoms with Gasteiger partial charge in [-0.15, -0.1) is 0 Å². The number of hydrogen-bond acceptors (Lipinski definition) is 9. The van der Waals surface area contributed by atoms with Gasteiger partial charge in [-0.2, -0.15) is 0 Å². The number of nitrogens with zero attached hydrogens (tertiary/aromatic N) is 4. The molecule has 0 bridgehead atoms. The molecule has 1 saturated heterocycles. The van der Waals surface area contributed by atoms with E-state index in [1.54, 1.807) is 48.7 Å². The van der Waals surface area contributed by atoms with Crippen molar-refractivity contribution < 1.29 is 28.9 Å². The summed E-state index contributed by atoms with van der Waals surface area (Å²) in [7, 11) is 0. The average Bonchev–Trinajstić information content (AvgIpc) is 3.44. The summed E-state index contributed by atoms with van der Waals surface area (Å²) < 4.78 is 20.1. The fourth-order valence-corrected chi connectivity index (χ4v) is 5.18. The van der Waals surface area contributed by atoms with Crippen molar-refractivity contribution in [2.24, 2.45) is 11.1 Å². The minimum absolute atomic E-state index is 0.0353. The molecule has 2 N–H and O–H groups in total. The van der Waals surface area contributed by atoms with Crippen molar-refractivity contribution in [1.29, 1.82) is 0 Å². The van der Waals surface area contributed by atoms with E-state index in [1.165, 1.54) is 9.36 Å². The van der Waals surface area contributed by atoms with Gasteiger partial charge in [0.2, 0.25) is 0 Å². The minimum atomic E-state index is -0.977. The molecule has 3 aromatic rings. The van der Waals surface area contributed by atoms with Crippen LogP contribution in [-0.4, -0.2) is 67.5 Å². The van der Waals surface area contributed by atoms with Crippen molar-refractivity contribution in [3.05, 3.63) is 75.5 Å². The number of aliphatic hydroxyl groups is 2. The highest BCUT2D eigenvalue weighted by Gasteiger charge is 2.61. The van der Waals surface area contributed by atoms with Gasteiger partial charge in [-0.3, -0.25) is 0 Å². The van der Waals surface area contributed by atoms with Crippen LogP contribution in [0, 0.1) is 5.92 Å². The molecule has 2 aliphatic heterocycles. The van der Waals surface area contributed by atoms with Gasteiger partial charge in [0.05, 0.1) is 30.3 Å². The van der Waals surface area contributed by atoms with E-state index in [0.29, 0.717) is 23.6 Å². The number of hydrogen-bond donors (Lipinski definition) is 2. The number of oxime groups is 1. The van der Waals surface area contributed by atoms with E-state index in [0.717, 1.165) is 4.57 Å². The second-order valence-electron chi connectivity index (χ2n) is 9.16. The third-order valence-electron chi connectivity index (χ3n) is 6.88.